The molecule has 18 heavy (non-hydrogen) atoms. The van der Waals surface area contributed by atoms with Crippen molar-refractivity contribution in [3.63, 3.8) is 0 Å². The van der Waals surface area contributed by atoms with Crippen molar-refractivity contribution in [2.24, 2.45) is 7.05 Å². The van der Waals surface area contributed by atoms with Crippen LogP contribution in [0.5, 0.6) is 0 Å². The molecule has 0 aliphatic heterocycles. The van der Waals surface area contributed by atoms with Crippen LogP contribution in [0.25, 0.3) is 0 Å². The number of benzene rings is 1. The summed E-state index contributed by atoms with van der Waals surface area (Å²) in [5, 5.41) is 9.06. The van der Waals surface area contributed by atoms with Crippen LogP contribution in [0.4, 0.5) is 4.39 Å². The van der Waals surface area contributed by atoms with E-state index in [0.717, 1.165) is 5.56 Å². The lowest BCUT2D eigenvalue weighted by Gasteiger charge is -2.02. The molecule has 0 atom stereocenters. The van der Waals surface area contributed by atoms with Crippen molar-refractivity contribution in [1.29, 1.82) is 0 Å². The molecule has 1 N–H and O–H groups in total. The summed E-state index contributed by atoms with van der Waals surface area (Å²) in [4.78, 5) is 15.1. The fourth-order valence-corrected chi connectivity index (χ4v) is 1.89. The van der Waals surface area contributed by atoms with Crippen LogP contribution in [-0.2, 0) is 19.9 Å². The SMILES string of the molecule is Cn1cnc(CCc2cccc(F)c2)c1C(=O)O. The number of carboxylic acids is 1. The molecular formula is C13H13FN2O2. The van der Waals surface area contributed by atoms with Crippen LogP contribution >= 0.6 is 0 Å². The van der Waals surface area contributed by atoms with Gasteiger partial charge in [-0.15, -0.1) is 0 Å². The van der Waals surface area contributed by atoms with Gasteiger partial charge in [0.05, 0.1) is 12.0 Å². The molecule has 2 aromatic rings. The van der Waals surface area contributed by atoms with Crippen LogP contribution < -0.4 is 0 Å². The van der Waals surface area contributed by atoms with Crippen LogP contribution in [0, 0.1) is 5.82 Å². The zero-order valence-electron chi connectivity index (χ0n) is 9.93. The predicted molar refractivity (Wildman–Crippen MR) is 64.0 cm³/mol. The first kappa shape index (κ1) is 12.3. The number of halogens is 1. The average Bonchev–Trinajstić information content (AvgIpc) is 2.68. The number of hydrogen-bond donors (Lipinski definition) is 1. The molecule has 0 unspecified atom stereocenters. The van der Waals surface area contributed by atoms with Crippen LogP contribution in [0.1, 0.15) is 21.7 Å². The van der Waals surface area contributed by atoms with E-state index >= 15 is 0 Å². The summed E-state index contributed by atoms with van der Waals surface area (Å²) in [7, 11) is 1.64. The fraction of sp³-hybridized carbons (Fsp3) is 0.231. The topological polar surface area (TPSA) is 55.1 Å². The maximum absolute atomic E-state index is 13.0. The number of hydrogen-bond acceptors (Lipinski definition) is 2. The van der Waals surface area contributed by atoms with E-state index < -0.39 is 5.97 Å². The second-order valence-electron chi connectivity index (χ2n) is 4.09. The van der Waals surface area contributed by atoms with E-state index in [2.05, 4.69) is 4.98 Å². The summed E-state index contributed by atoms with van der Waals surface area (Å²) in [6.45, 7) is 0. The van der Waals surface area contributed by atoms with E-state index in [1.54, 1.807) is 13.1 Å². The van der Waals surface area contributed by atoms with Gasteiger partial charge < -0.3 is 9.67 Å². The van der Waals surface area contributed by atoms with Gasteiger partial charge in [-0.05, 0) is 30.5 Å². The summed E-state index contributed by atoms with van der Waals surface area (Å²) in [6, 6.07) is 6.28. The number of carbonyl (C=O) groups is 1. The van der Waals surface area contributed by atoms with Crippen molar-refractivity contribution < 1.29 is 14.3 Å². The highest BCUT2D eigenvalue weighted by atomic mass is 19.1. The predicted octanol–water partition coefficient (Wildman–Crippen LogP) is 2.04. The van der Waals surface area contributed by atoms with Crippen molar-refractivity contribution in [1.82, 2.24) is 9.55 Å². The summed E-state index contributed by atoms with van der Waals surface area (Å²) >= 11 is 0. The number of carboxylic acid groups (broad SMARTS) is 1. The van der Waals surface area contributed by atoms with Gasteiger partial charge in [-0.2, -0.15) is 0 Å². The van der Waals surface area contributed by atoms with E-state index in [1.807, 2.05) is 6.07 Å². The number of nitrogens with zero attached hydrogens (tertiary/aromatic N) is 2. The highest BCUT2D eigenvalue weighted by Crippen LogP contribution is 2.11. The third kappa shape index (κ3) is 2.56. The lowest BCUT2D eigenvalue weighted by molar-refractivity contribution is 0.0685. The van der Waals surface area contributed by atoms with E-state index in [4.69, 9.17) is 5.11 Å². The van der Waals surface area contributed by atoms with Gasteiger partial charge >= 0.3 is 5.97 Å². The Morgan fingerprint density at radius 2 is 2.22 bits per heavy atom. The summed E-state index contributed by atoms with van der Waals surface area (Å²) in [6.07, 6.45) is 2.52. The van der Waals surface area contributed by atoms with Crippen molar-refractivity contribution in [3.8, 4) is 0 Å². The molecular weight excluding hydrogens is 235 g/mol. The molecule has 0 aliphatic rings. The maximum atomic E-state index is 13.0. The lowest BCUT2D eigenvalue weighted by atomic mass is 10.1. The minimum absolute atomic E-state index is 0.186. The molecule has 0 amide bonds. The molecule has 5 heteroatoms. The molecule has 1 heterocycles. The Labute approximate surface area is 104 Å². The average molecular weight is 248 g/mol. The molecule has 1 aromatic heterocycles. The number of aryl methyl sites for hydroxylation is 3. The number of aromatic nitrogens is 2. The molecule has 1 aromatic carbocycles. The standard InChI is InChI=1S/C13H13FN2O2/c1-16-8-15-11(12(16)13(17)18)6-5-9-3-2-4-10(14)7-9/h2-4,7-8H,5-6H2,1H3,(H,17,18). The number of rotatable bonds is 4. The van der Waals surface area contributed by atoms with E-state index in [0.29, 0.717) is 18.5 Å². The Morgan fingerprint density at radius 1 is 1.44 bits per heavy atom. The quantitative estimate of drug-likeness (QED) is 0.900. The smallest absolute Gasteiger partial charge is 0.354 e. The molecule has 0 radical (unpaired) electrons. The molecule has 0 bridgehead atoms. The number of imidazole rings is 1. The van der Waals surface area contributed by atoms with Crippen molar-refractivity contribution in [2.75, 3.05) is 0 Å². The maximum Gasteiger partial charge on any atom is 0.354 e. The second-order valence-corrected chi connectivity index (χ2v) is 4.09. The molecule has 2 rings (SSSR count). The molecule has 0 aliphatic carbocycles. The minimum atomic E-state index is -0.996. The Hall–Kier alpha value is -2.17. The summed E-state index contributed by atoms with van der Waals surface area (Å²) in [5.74, 6) is -1.28. The van der Waals surface area contributed by atoms with Gasteiger partial charge in [0.1, 0.15) is 11.5 Å². The largest absolute Gasteiger partial charge is 0.477 e. The van der Waals surface area contributed by atoms with Crippen molar-refractivity contribution >= 4 is 5.97 Å². The van der Waals surface area contributed by atoms with E-state index in [1.165, 1.54) is 23.0 Å². The fourth-order valence-electron chi connectivity index (χ4n) is 1.89. The van der Waals surface area contributed by atoms with Gasteiger partial charge in [0.25, 0.3) is 0 Å². The number of aromatic carboxylic acids is 1. The molecule has 0 fully saturated rings. The van der Waals surface area contributed by atoms with Gasteiger partial charge in [0.2, 0.25) is 0 Å². The second kappa shape index (κ2) is 5.00. The Balaban J connectivity index is 2.13. The van der Waals surface area contributed by atoms with Crippen molar-refractivity contribution in [2.45, 2.75) is 12.8 Å². The van der Waals surface area contributed by atoms with Crippen LogP contribution in [0.3, 0.4) is 0 Å². The zero-order chi connectivity index (χ0) is 13.1. The zero-order valence-corrected chi connectivity index (χ0v) is 9.93. The molecule has 4 nitrogen and oxygen atoms in total. The highest BCUT2D eigenvalue weighted by Gasteiger charge is 2.15. The molecule has 0 saturated carbocycles. The molecule has 94 valence electrons. The summed E-state index contributed by atoms with van der Waals surface area (Å²) in [5.41, 5.74) is 1.54. The Morgan fingerprint density at radius 3 is 2.89 bits per heavy atom. The first-order valence-electron chi connectivity index (χ1n) is 5.56. The third-order valence-electron chi connectivity index (χ3n) is 2.75. The van der Waals surface area contributed by atoms with Crippen LogP contribution in [-0.4, -0.2) is 20.6 Å². The highest BCUT2D eigenvalue weighted by molar-refractivity contribution is 5.87. The first-order chi connectivity index (χ1) is 8.58. The van der Waals surface area contributed by atoms with Gasteiger partial charge in [-0.3, -0.25) is 0 Å². The Kier molecular flexibility index (Phi) is 3.41. The van der Waals surface area contributed by atoms with Crippen molar-refractivity contribution in [3.05, 3.63) is 53.4 Å². The van der Waals surface area contributed by atoms with Gasteiger partial charge in [0, 0.05) is 7.05 Å². The minimum Gasteiger partial charge on any atom is -0.477 e. The monoisotopic (exact) mass is 248 g/mol. The first-order valence-corrected chi connectivity index (χ1v) is 5.56. The molecule has 0 spiro atoms. The van der Waals surface area contributed by atoms with Crippen LogP contribution in [0.2, 0.25) is 0 Å². The lowest BCUT2D eigenvalue weighted by Crippen LogP contribution is -2.08. The summed E-state index contributed by atoms with van der Waals surface area (Å²) < 4.78 is 14.5. The van der Waals surface area contributed by atoms with Gasteiger partial charge in [-0.25, -0.2) is 14.2 Å². The van der Waals surface area contributed by atoms with E-state index in [9.17, 15) is 9.18 Å². The van der Waals surface area contributed by atoms with Gasteiger partial charge in [0.15, 0.2) is 0 Å². The normalized spacial score (nSPS) is 10.6. The third-order valence-corrected chi connectivity index (χ3v) is 2.75. The van der Waals surface area contributed by atoms with E-state index in [-0.39, 0.29) is 11.5 Å². The molecule has 0 saturated heterocycles. The van der Waals surface area contributed by atoms with Gasteiger partial charge in [-0.1, -0.05) is 12.1 Å². The van der Waals surface area contributed by atoms with Crippen LogP contribution in [0.15, 0.2) is 30.6 Å². The Bertz CT molecular complexity index is 578.